The van der Waals surface area contributed by atoms with Crippen LogP contribution in [0.25, 0.3) is 0 Å². The van der Waals surface area contributed by atoms with Crippen LogP contribution in [0.2, 0.25) is 0 Å². The molecule has 0 aromatic carbocycles. The number of carbonyl (C=O) groups is 1. The summed E-state index contributed by atoms with van der Waals surface area (Å²) in [5.74, 6) is 0.509. The first kappa shape index (κ1) is 14.7. The van der Waals surface area contributed by atoms with Crippen LogP contribution in [0.1, 0.15) is 25.7 Å². The molecule has 0 spiro atoms. The molecule has 1 saturated heterocycles. The number of hydrogen-bond donors (Lipinski definition) is 0. The SMILES string of the molecule is COCCCN1C(=O)N(c2ncc(Br)cn2)[C@@H]2CCC[C@@H]21. The van der Waals surface area contributed by atoms with Gasteiger partial charge in [0.2, 0.25) is 5.95 Å². The van der Waals surface area contributed by atoms with Crippen LogP contribution in [0.5, 0.6) is 0 Å². The van der Waals surface area contributed by atoms with Crippen LogP contribution in [0, 0.1) is 0 Å². The van der Waals surface area contributed by atoms with Crippen LogP contribution >= 0.6 is 15.9 Å². The second-order valence-electron chi connectivity index (χ2n) is 5.46. The zero-order valence-electron chi connectivity index (χ0n) is 12.0. The van der Waals surface area contributed by atoms with Gasteiger partial charge in [-0.25, -0.2) is 14.8 Å². The molecule has 1 aromatic heterocycles. The van der Waals surface area contributed by atoms with E-state index in [-0.39, 0.29) is 12.1 Å². The van der Waals surface area contributed by atoms with Crippen molar-refractivity contribution in [3.63, 3.8) is 0 Å². The first-order valence-electron chi connectivity index (χ1n) is 7.28. The fraction of sp³-hybridized carbons (Fsp3) is 0.643. The van der Waals surface area contributed by atoms with Crippen LogP contribution in [0.3, 0.4) is 0 Å². The van der Waals surface area contributed by atoms with Gasteiger partial charge in [-0.15, -0.1) is 0 Å². The number of halogens is 1. The fourth-order valence-electron chi connectivity index (χ4n) is 3.31. The van der Waals surface area contributed by atoms with Crippen molar-refractivity contribution >= 4 is 27.9 Å². The van der Waals surface area contributed by atoms with Gasteiger partial charge in [0.1, 0.15) is 0 Å². The first-order valence-corrected chi connectivity index (χ1v) is 8.08. The van der Waals surface area contributed by atoms with Gasteiger partial charge in [0.25, 0.3) is 0 Å². The average molecular weight is 355 g/mol. The molecule has 114 valence electrons. The van der Waals surface area contributed by atoms with E-state index in [1.54, 1.807) is 24.4 Å². The summed E-state index contributed by atoms with van der Waals surface area (Å²) in [6.07, 6.45) is 7.48. The molecule has 0 radical (unpaired) electrons. The summed E-state index contributed by atoms with van der Waals surface area (Å²) in [7, 11) is 1.69. The van der Waals surface area contributed by atoms with Crippen LogP contribution < -0.4 is 4.90 Å². The number of rotatable bonds is 5. The minimum Gasteiger partial charge on any atom is -0.385 e. The summed E-state index contributed by atoms with van der Waals surface area (Å²) in [4.78, 5) is 25.1. The van der Waals surface area contributed by atoms with Gasteiger partial charge in [-0.05, 0) is 41.6 Å². The number of nitrogens with zero attached hydrogens (tertiary/aromatic N) is 4. The van der Waals surface area contributed by atoms with E-state index in [9.17, 15) is 4.79 Å². The quantitative estimate of drug-likeness (QED) is 0.762. The predicted molar refractivity (Wildman–Crippen MR) is 82.2 cm³/mol. The Labute approximate surface area is 132 Å². The maximum absolute atomic E-state index is 12.7. The van der Waals surface area contributed by atoms with E-state index >= 15 is 0 Å². The van der Waals surface area contributed by atoms with Crippen molar-refractivity contribution in [3.05, 3.63) is 16.9 Å². The maximum Gasteiger partial charge on any atom is 0.327 e. The van der Waals surface area contributed by atoms with Crippen molar-refractivity contribution in [2.45, 2.75) is 37.8 Å². The van der Waals surface area contributed by atoms with Crippen molar-refractivity contribution in [2.24, 2.45) is 0 Å². The van der Waals surface area contributed by atoms with E-state index in [0.29, 0.717) is 18.6 Å². The number of hydrogen-bond acceptors (Lipinski definition) is 4. The van der Waals surface area contributed by atoms with E-state index < -0.39 is 0 Å². The average Bonchev–Trinajstić information content (AvgIpc) is 3.03. The Hall–Kier alpha value is -1.21. The Morgan fingerprint density at radius 3 is 2.76 bits per heavy atom. The molecule has 1 aliphatic heterocycles. The zero-order valence-corrected chi connectivity index (χ0v) is 13.6. The lowest BCUT2D eigenvalue weighted by atomic mass is 10.1. The lowest BCUT2D eigenvalue weighted by Gasteiger charge is -2.21. The van der Waals surface area contributed by atoms with Crippen molar-refractivity contribution in [1.29, 1.82) is 0 Å². The van der Waals surface area contributed by atoms with Gasteiger partial charge in [0.15, 0.2) is 0 Å². The molecule has 2 amide bonds. The van der Waals surface area contributed by atoms with Gasteiger partial charge in [0.05, 0.1) is 16.6 Å². The molecule has 1 saturated carbocycles. The second kappa shape index (κ2) is 6.27. The third kappa shape index (κ3) is 2.76. The molecule has 2 heterocycles. The number of methoxy groups -OCH3 is 1. The molecule has 1 aromatic rings. The minimum absolute atomic E-state index is 0.0307. The molecule has 6 nitrogen and oxygen atoms in total. The number of anilines is 1. The van der Waals surface area contributed by atoms with Gasteiger partial charge >= 0.3 is 6.03 Å². The Kier molecular flexibility index (Phi) is 4.40. The Morgan fingerprint density at radius 1 is 1.33 bits per heavy atom. The summed E-state index contributed by atoms with van der Waals surface area (Å²) in [6.45, 7) is 1.41. The minimum atomic E-state index is 0.0307. The zero-order chi connectivity index (χ0) is 14.8. The molecule has 1 aliphatic carbocycles. The highest BCUT2D eigenvalue weighted by atomic mass is 79.9. The molecule has 21 heavy (non-hydrogen) atoms. The monoisotopic (exact) mass is 354 g/mol. The standard InChI is InChI=1S/C14H19BrN4O2/c1-21-7-3-6-18-11-4-2-5-12(11)19(14(18)20)13-16-8-10(15)9-17-13/h8-9,11-12H,2-7H2,1H3/t11-,12+/m0/s1. The third-order valence-electron chi connectivity index (χ3n) is 4.20. The molecular formula is C14H19BrN4O2. The third-order valence-corrected chi connectivity index (χ3v) is 4.61. The van der Waals surface area contributed by atoms with E-state index in [2.05, 4.69) is 25.9 Å². The normalized spacial score (nSPS) is 24.8. The van der Waals surface area contributed by atoms with Crippen molar-refractivity contribution in [2.75, 3.05) is 25.2 Å². The molecular weight excluding hydrogens is 336 g/mol. The van der Waals surface area contributed by atoms with Crippen molar-refractivity contribution < 1.29 is 9.53 Å². The van der Waals surface area contributed by atoms with Gasteiger partial charge in [-0.2, -0.15) is 0 Å². The number of aromatic nitrogens is 2. The number of ether oxygens (including phenoxy) is 1. The van der Waals surface area contributed by atoms with E-state index in [0.717, 1.165) is 36.7 Å². The predicted octanol–water partition coefficient (Wildman–Crippen LogP) is 2.44. The van der Waals surface area contributed by atoms with E-state index in [1.807, 2.05) is 4.90 Å². The number of carbonyl (C=O) groups excluding carboxylic acids is 1. The lowest BCUT2D eigenvalue weighted by Crippen LogP contribution is -2.37. The smallest absolute Gasteiger partial charge is 0.327 e. The topological polar surface area (TPSA) is 58.6 Å². The summed E-state index contributed by atoms with van der Waals surface area (Å²) >= 11 is 3.33. The van der Waals surface area contributed by atoms with Gasteiger partial charge in [0, 0.05) is 32.7 Å². The molecule has 7 heteroatoms. The van der Waals surface area contributed by atoms with Gasteiger partial charge < -0.3 is 9.64 Å². The van der Waals surface area contributed by atoms with Crippen LogP contribution in [-0.2, 0) is 4.74 Å². The number of fused-ring (bicyclic) bond motifs is 1. The molecule has 3 rings (SSSR count). The van der Waals surface area contributed by atoms with Crippen LogP contribution in [0.4, 0.5) is 10.7 Å². The van der Waals surface area contributed by atoms with Gasteiger partial charge in [-0.1, -0.05) is 0 Å². The highest BCUT2D eigenvalue weighted by Gasteiger charge is 2.49. The Morgan fingerprint density at radius 2 is 2.05 bits per heavy atom. The molecule has 2 fully saturated rings. The van der Waals surface area contributed by atoms with Gasteiger partial charge in [-0.3, -0.25) is 4.90 Å². The molecule has 2 aliphatic rings. The molecule has 0 unspecified atom stereocenters. The fourth-order valence-corrected chi connectivity index (χ4v) is 3.52. The van der Waals surface area contributed by atoms with Crippen molar-refractivity contribution in [3.8, 4) is 0 Å². The Bertz CT molecular complexity index is 510. The van der Waals surface area contributed by atoms with E-state index in [1.165, 1.54) is 0 Å². The maximum atomic E-state index is 12.7. The first-order chi connectivity index (χ1) is 10.2. The summed E-state index contributed by atoms with van der Waals surface area (Å²) in [5.41, 5.74) is 0. The van der Waals surface area contributed by atoms with Crippen molar-refractivity contribution in [1.82, 2.24) is 14.9 Å². The number of amides is 2. The van der Waals surface area contributed by atoms with E-state index in [4.69, 9.17) is 4.74 Å². The molecule has 0 N–H and O–H groups in total. The summed E-state index contributed by atoms with van der Waals surface area (Å²) in [5, 5.41) is 0. The van der Waals surface area contributed by atoms with Crippen LogP contribution in [0.15, 0.2) is 16.9 Å². The summed E-state index contributed by atoms with van der Waals surface area (Å²) in [6, 6.07) is 0.533. The lowest BCUT2D eigenvalue weighted by molar-refractivity contribution is 0.167. The number of urea groups is 1. The largest absolute Gasteiger partial charge is 0.385 e. The molecule has 0 bridgehead atoms. The summed E-state index contributed by atoms with van der Waals surface area (Å²) < 4.78 is 5.91. The second-order valence-corrected chi connectivity index (χ2v) is 6.37. The Balaban J connectivity index is 1.80. The molecule has 2 atom stereocenters. The highest BCUT2D eigenvalue weighted by molar-refractivity contribution is 9.10. The van der Waals surface area contributed by atoms with Crippen LogP contribution in [-0.4, -0.2) is 53.2 Å². The highest BCUT2D eigenvalue weighted by Crippen LogP contribution is 2.37.